The Kier molecular flexibility index (Phi) is 3.24. The van der Waals surface area contributed by atoms with Gasteiger partial charge < -0.3 is 15.0 Å². The molecule has 1 atom stereocenters. The van der Waals surface area contributed by atoms with Gasteiger partial charge in [0.15, 0.2) is 0 Å². The molecule has 0 aromatic heterocycles. The Balaban J connectivity index is 1.70. The average Bonchev–Trinajstić information content (AvgIpc) is 2.69. The van der Waals surface area contributed by atoms with Crippen LogP contribution in [0.3, 0.4) is 0 Å². The van der Waals surface area contributed by atoms with Crippen LogP contribution in [0.1, 0.15) is 19.3 Å². The van der Waals surface area contributed by atoms with Crippen molar-refractivity contribution in [2.24, 2.45) is 5.92 Å². The molecule has 4 nitrogen and oxygen atoms in total. The van der Waals surface area contributed by atoms with Crippen molar-refractivity contribution in [2.75, 3.05) is 32.8 Å². The molecule has 2 heterocycles. The summed E-state index contributed by atoms with van der Waals surface area (Å²) in [5, 5.41) is 3.34. The second-order valence-corrected chi connectivity index (χ2v) is 4.10. The molecule has 0 bridgehead atoms. The number of carbonyl (C=O) groups is 1. The van der Waals surface area contributed by atoms with Gasteiger partial charge in [0.25, 0.3) is 0 Å². The number of nitrogens with one attached hydrogen (secondary N) is 1. The second kappa shape index (κ2) is 4.64. The van der Waals surface area contributed by atoms with Gasteiger partial charge >= 0.3 is 6.09 Å². The van der Waals surface area contributed by atoms with Crippen LogP contribution in [0.25, 0.3) is 0 Å². The van der Waals surface area contributed by atoms with E-state index in [2.05, 4.69) is 5.32 Å². The van der Waals surface area contributed by atoms with Gasteiger partial charge in [-0.25, -0.2) is 4.79 Å². The molecule has 0 aromatic rings. The van der Waals surface area contributed by atoms with E-state index in [1.165, 1.54) is 6.42 Å². The highest BCUT2D eigenvalue weighted by Crippen LogP contribution is 2.14. The number of carbonyl (C=O) groups excluding carboxylic acids is 1. The van der Waals surface area contributed by atoms with E-state index in [0.717, 1.165) is 44.9 Å². The molecular formula is C10H18N2O2. The van der Waals surface area contributed by atoms with Crippen LogP contribution in [-0.2, 0) is 4.74 Å². The standard InChI is InChI=1S/C10H18N2O2/c13-10-12(5-1-7-14-10)6-3-9-2-4-11-8-9/h9,11H,1-8H2. The van der Waals surface area contributed by atoms with Gasteiger partial charge in [-0.2, -0.15) is 0 Å². The minimum absolute atomic E-state index is 0.123. The highest BCUT2D eigenvalue weighted by atomic mass is 16.6. The predicted octanol–water partition coefficient (Wildman–Crippen LogP) is 0.828. The van der Waals surface area contributed by atoms with E-state index in [1.54, 1.807) is 0 Å². The highest BCUT2D eigenvalue weighted by Gasteiger charge is 2.21. The van der Waals surface area contributed by atoms with E-state index in [1.807, 2.05) is 4.90 Å². The fourth-order valence-electron chi connectivity index (χ4n) is 2.10. The van der Waals surface area contributed by atoms with E-state index in [-0.39, 0.29) is 6.09 Å². The van der Waals surface area contributed by atoms with Crippen LogP contribution in [0, 0.1) is 5.92 Å². The second-order valence-electron chi connectivity index (χ2n) is 4.10. The first-order valence-corrected chi connectivity index (χ1v) is 5.48. The summed E-state index contributed by atoms with van der Waals surface area (Å²) in [6.07, 6.45) is 3.22. The number of ether oxygens (including phenoxy) is 1. The van der Waals surface area contributed by atoms with Crippen molar-refractivity contribution >= 4 is 6.09 Å². The van der Waals surface area contributed by atoms with Gasteiger partial charge in [-0.05, 0) is 38.3 Å². The fraction of sp³-hybridized carbons (Fsp3) is 0.900. The van der Waals surface area contributed by atoms with Crippen molar-refractivity contribution < 1.29 is 9.53 Å². The zero-order valence-electron chi connectivity index (χ0n) is 8.50. The SMILES string of the molecule is O=C1OCCCN1CCC1CCNC1. The number of rotatable bonds is 3. The third-order valence-corrected chi connectivity index (χ3v) is 3.03. The zero-order valence-corrected chi connectivity index (χ0v) is 8.50. The van der Waals surface area contributed by atoms with Crippen LogP contribution in [0.15, 0.2) is 0 Å². The van der Waals surface area contributed by atoms with Gasteiger partial charge in [-0.15, -0.1) is 0 Å². The maximum absolute atomic E-state index is 11.3. The van der Waals surface area contributed by atoms with E-state index < -0.39 is 0 Å². The summed E-state index contributed by atoms with van der Waals surface area (Å²) in [6.45, 7) is 4.59. The molecule has 1 unspecified atom stereocenters. The van der Waals surface area contributed by atoms with Crippen LogP contribution >= 0.6 is 0 Å². The van der Waals surface area contributed by atoms with Crippen LogP contribution in [-0.4, -0.2) is 43.8 Å². The van der Waals surface area contributed by atoms with E-state index >= 15 is 0 Å². The molecule has 2 fully saturated rings. The molecule has 2 rings (SSSR count). The number of hydrogen-bond donors (Lipinski definition) is 1. The Morgan fingerprint density at radius 2 is 2.50 bits per heavy atom. The molecule has 1 N–H and O–H groups in total. The van der Waals surface area contributed by atoms with Crippen molar-refractivity contribution in [3.05, 3.63) is 0 Å². The lowest BCUT2D eigenvalue weighted by molar-refractivity contribution is 0.0710. The minimum Gasteiger partial charge on any atom is -0.449 e. The van der Waals surface area contributed by atoms with Gasteiger partial charge in [0, 0.05) is 13.1 Å². The van der Waals surface area contributed by atoms with Crippen LogP contribution in [0.5, 0.6) is 0 Å². The van der Waals surface area contributed by atoms with Gasteiger partial charge in [0.1, 0.15) is 0 Å². The smallest absolute Gasteiger partial charge is 0.409 e. The van der Waals surface area contributed by atoms with Crippen molar-refractivity contribution in [1.82, 2.24) is 10.2 Å². The summed E-state index contributed by atoms with van der Waals surface area (Å²) in [5.41, 5.74) is 0. The highest BCUT2D eigenvalue weighted by molar-refractivity contribution is 5.68. The quantitative estimate of drug-likeness (QED) is 0.730. The molecular weight excluding hydrogens is 180 g/mol. The van der Waals surface area contributed by atoms with Crippen molar-refractivity contribution in [1.29, 1.82) is 0 Å². The molecule has 0 spiro atoms. The number of cyclic esters (lactones) is 1. The van der Waals surface area contributed by atoms with Crippen LogP contribution < -0.4 is 5.32 Å². The molecule has 0 aromatic carbocycles. The van der Waals surface area contributed by atoms with Gasteiger partial charge in [0.05, 0.1) is 6.61 Å². The molecule has 4 heteroatoms. The normalized spacial score (nSPS) is 27.9. The summed E-state index contributed by atoms with van der Waals surface area (Å²) < 4.78 is 4.98. The lowest BCUT2D eigenvalue weighted by Gasteiger charge is -2.27. The summed E-state index contributed by atoms with van der Waals surface area (Å²) >= 11 is 0. The maximum atomic E-state index is 11.3. The van der Waals surface area contributed by atoms with E-state index in [9.17, 15) is 4.79 Å². The Hall–Kier alpha value is -0.770. The first-order chi connectivity index (χ1) is 6.86. The lowest BCUT2D eigenvalue weighted by atomic mass is 10.0. The topological polar surface area (TPSA) is 41.6 Å². The van der Waals surface area contributed by atoms with E-state index in [0.29, 0.717) is 6.61 Å². The molecule has 0 radical (unpaired) electrons. The number of nitrogens with zero attached hydrogens (tertiary/aromatic N) is 1. The van der Waals surface area contributed by atoms with Crippen molar-refractivity contribution in [3.8, 4) is 0 Å². The molecule has 2 aliphatic rings. The predicted molar refractivity (Wildman–Crippen MR) is 53.1 cm³/mol. The molecule has 80 valence electrons. The minimum atomic E-state index is -0.123. The third kappa shape index (κ3) is 2.38. The largest absolute Gasteiger partial charge is 0.449 e. The molecule has 14 heavy (non-hydrogen) atoms. The Morgan fingerprint density at radius 1 is 1.57 bits per heavy atom. The Bertz CT molecular complexity index is 202. The lowest BCUT2D eigenvalue weighted by Crippen LogP contribution is -2.38. The Morgan fingerprint density at radius 3 is 3.21 bits per heavy atom. The Labute approximate surface area is 84.6 Å². The monoisotopic (exact) mass is 198 g/mol. The zero-order chi connectivity index (χ0) is 9.80. The van der Waals surface area contributed by atoms with Gasteiger partial charge in [-0.1, -0.05) is 0 Å². The molecule has 2 saturated heterocycles. The third-order valence-electron chi connectivity index (χ3n) is 3.03. The molecule has 0 aliphatic carbocycles. The van der Waals surface area contributed by atoms with Crippen LogP contribution in [0.2, 0.25) is 0 Å². The first-order valence-electron chi connectivity index (χ1n) is 5.48. The summed E-state index contributed by atoms with van der Waals surface area (Å²) in [5.74, 6) is 0.754. The maximum Gasteiger partial charge on any atom is 0.409 e. The average molecular weight is 198 g/mol. The summed E-state index contributed by atoms with van der Waals surface area (Å²) in [7, 11) is 0. The first kappa shape index (κ1) is 9.77. The van der Waals surface area contributed by atoms with Gasteiger partial charge in [0.2, 0.25) is 0 Å². The van der Waals surface area contributed by atoms with E-state index in [4.69, 9.17) is 4.74 Å². The molecule has 2 aliphatic heterocycles. The number of hydrogen-bond acceptors (Lipinski definition) is 3. The molecule has 0 saturated carbocycles. The van der Waals surface area contributed by atoms with Crippen LogP contribution in [0.4, 0.5) is 4.79 Å². The summed E-state index contributed by atoms with van der Waals surface area (Å²) in [6, 6.07) is 0. The fourth-order valence-corrected chi connectivity index (χ4v) is 2.10. The number of amides is 1. The molecule has 1 amide bonds. The van der Waals surface area contributed by atoms with Crippen molar-refractivity contribution in [2.45, 2.75) is 19.3 Å². The van der Waals surface area contributed by atoms with Crippen molar-refractivity contribution in [3.63, 3.8) is 0 Å². The van der Waals surface area contributed by atoms with Gasteiger partial charge in [-0.3, -0.25) is 0 Å². The summed E-state index contributed by atoms with van der Waals surface area (Å²) in [4.78, 5) is 13.1.